The van der Waals surface area contributed by atoms with E-state index >= 15 is 0 Å². The summed E-state index contributed by atoms with van der Waals surface area (Å²) in [5.41, 5.74) is 0. The summed E-state index contributed by atoms with van der Waals surface area (Å²) < 4.78 is 0. The molecule has 6 atom stereocenters. The molecule has 2 aliphatic carbocycles. The van der Waals surface area contributed by atoms with Crippen LogP contribution in [0.5, 0.6) is 0 Å². The molecule has 2 rings (SSSR count). The topological polar surface area (TPSA) is 80.9 Å². The van der Waals surface area contributed by atoms with Crippen molar-refractivity contribution >= 4 is 0 Å². The number of rotatable bonds is 1. The Balaban J connectivity index is 2.11. The predicted molar refractivity (Wildman–Crippen MR) is 40.2 cm³/mol. The Kier molecular flexibility index (Phi) is 1.88. The summed E-state index contributed by atoms with van der Waals surface area (Å²) in [7, 11) is 0. The molecule has 2 saturated carbocycles. The summed E-state index contributed by atoms with van der Waals surface area (Å²) in [5, 5.41) is 37.1. The Morgan fingerprint density at radius 2 is 1.58 bits per heavy atom. The first-order valence-corrected chi connectivity index (χ1v) is 4.32. The van der Waals surface area contributed by atoms with Gasteiger partial charge in [-0.3, -0.25) is 0 Å². The lowest BCUT2D eigenvalue weighted by molar-refractivity contribution is -0.123. The van der Waals surface area contributed by atoms with Gasteiger partial charge in [0.1, 0.15) is 6.10 Å². The van der Waals surface area contributed by atoms with Crippen molar-refractivity contribution in [1.82, 2.24) is 0 Å². The first-order valence-electron chi connectivity index (χ1n) is 4.32. The molecule has 0 radical (unpaired) electrons. The first kappa shape index (κ1) is 8.44. The van der Waals surface area contributed by atoms with Gasteiger partial charge in [-0.05, 0) is 18.3 Å². The average molecular weight is 174 g/mol. The van der Waals surface area contributed by atoms with Gasteiger partial charge in [-0.25, -0.2) is 0 Å². The molecule has 0 aromatic carbocycles. The highest BCUT2D eigenvalue weighted by Gasteiger charge is 2.57. The molecule has 12 heavy (non-hydrogen) atoms. The third kappa shape index (κ3) is 0.992. The van der Waals surface area contributed by atoms with Crippen molar-refractivity contribution in [1.29, 1.82) is 0 Å². The molecule has 4 N–H and O–H groups in total. The number of aliphatic hydroxyl groups is 4. The van der Waals surface area contributed by atoms with Crippen LogP contribution in [0, 0.1) is 17.8 Å². The summed E-state index contributed by atoms with van der Waals surface area (Å²) in [6.45, 7) is -0.105. The fourth-order valence-corrected chi connectivity index (χ4v) is 2.33. The third-order valence-corrected chi connectivity index (χ3v) is 3.23. The first-order chi connectivity index (χ1) is 5.66. The van der Waals surface area contributed by atoms with Crippen molar-refractivity contribution < 1.29 is 20.4 Å². The fourth-order valence-electron chi connectivity index (χ4n) is 2.33. The van der Waals surface area contributed by atoms with Crippen molar-refractivity contribution in [2.24, 2.45) is 17.8 Å². The number of aliphatic hydroxyl groups excluding tert-OH is 4. The lowest BCUT2D eigenvalue weighted by Crippen LogP contribution is -2.49. The maximum atomic E-state index is 9.43. The fraction of sp³-hybridized carbons (Fsp3) is 1.00. The van der Waals surface area contributed by atoms with E-state index in [2.05, 4.69) is 0 Å². The second-order valence-electron chi connectivity index (χ2n) is 3.88. The van der Waals surface area contributed by atoms with Crippen LogP contribution in [0.25, 0.3) is 0 Å². The van der Waals surface area contributed by atoms with Gasteiger partial charge in [0.05, 0.1) is 12.2 Å². The van der Waals surface area contributed by atoms with Crippen LogP contribution in [0.3, 0.4) is 0 Å². The van der Waals surface area contributed by atoms with Gasteiger partial charge in [0.15, 0.2) is 0 Å². The largest absolute Gasteiger partial charge is 0.396 e. The molecule has 0 amide bonds. The van der Waals surface area contributed by atoms with Crippen LogP contribution in [-0.4, -0.2) is 45.3 Å². The minimum Gasteiger partial charge on any atom is -0.396 e. The smallest absolute Gasteiger partial charge is 0.106 e. The third-order valence-electron chi connectivity index (χ3n) is 3.23. The van der Waals surface area contributed by atoms with Crippen LogP contribution in [0.1, 0.15) is 6.42 Å². The molecule has 4 nitrogen and oxygen atoms in total. The second kappa shape index (κ2) is 2.67. The number of hydrogen-bond acceptors (Lipinski definition) is 4. The highest BCUT2D eigenvalue weighted by molar-refractivity contribution is 5.06. The van der Waals surface area contributed by atoms with Gasteiger partial charge in [-0.2, -0.15) is 0 Å². The van der Waals surface area contributed by atoms with E-state index in [0.29, 0.717) is 0 Å². The molecule has 2 aliphatic rings. The van der Waals surface area contributed by atoms with Crippen LogP contribution in [-0.2, 0) is 0 Å². The van der Waals surface area contributed by atoms with Crippen LogP contribution in [0.2, 0.25) is 0 Å². The average Bonchev–Trinajstić information content (AvgIpc) is 2.81. The van der Waals surface area contributed by atoms with E-state index in [9.17, 15) is 15.3 Å². The Bertz CT molecular complexity index is 184. The zero-order chi connectivity index (χ0) is 8.88. The van der Waals surface area contributed by atoms with E-state index in [-0.39, 0.29) is 24.4 Å². The maximum Gasteiger partial charge on any atom is 0.106 e. The zero-order valence-electron chi connectivity index (χ0n) is 6.67. The van der Waals surface area contributed by atoms with E-state index in [1.54, 1.807) is 0 Å². The van der Waals surface area contributed by atoms with E-state index in [0.717, 1.165) is 6.42 Å². The zero-order valence-corrected chi connectivity index (χ0v) is 6.67. The lowest BCUT2D eigenvalue weighted by atomic mass is 9.83. The second-order valence-corrected chi connectivity index (χ2v) is 3.88. The monoisotopic (exact) mass is 174 g/mol. The van der Waals surface area contributed by atoms with Gasteiger partial charge >= 0.3 is 0 Å². The van der Waals surface area contributed by atoms with E-state index in [1.165, 1.54) is 0 Å². The van der Waals surface area contributed by atoms with Crippen molar-refractivity contribution in [3.63, 3.8) is 0 Å². The van der Waals surface area contributed by atoms with Crippen LogP contribution in [0.15, 0.2) is 0 Å². The molecule has 0 aromatic rings. The predicted octanol–water partition coefficient (Wildman–Crippen LogP) is -1.67. The van der Waals surface area contributed by atoms with Gasteiger partial charge in [0.2, 0.25) is 0 Å². The van der Waals surface area contributed by atoms with Gasteiger partial charge < -0.3 is 20.4 Å². The van der Waals surface area contributed by atoms with Gasteiger partial charge in [-0.15, -0.1) is 0 Å². The maximum absolute atomic E-state index is 9.43. The van der Waals surface area contributed by atoms with Gasteiger partial charge in [0.25, 0.3) is 0 Å². The summed E-state index contributed by atoms with van der Waals surface area (Å²) in [5.74, 6) is 0.0670. The van der Waals surface area contributed by atoms with Crippen molar-refractivity contribution in [3.8, 4) is 0 Å². The molecule has 0 saturated heterocycles. The van der Waals surface area contributed by atoms with E-state index in [1.807, 2.05) is 0 Å². The molecule has 4 heteroatoms. The quantitative estimate of drug-likeness (QED) is 0.383. The molecular formula is C8H14O4. The van der Waals surface area contributed by atoms with Crippen molar-refractivity contribution in [2.75, 3.05) is 6.61 Å². The SMILES string of the molecule is OC[C@@H]1[C@@H](O)[C@H](O)[C@@H](O)[C@@H]2C[C@@H]12. The Labute approximate surface area is 70.5 Å². The van der Waals surface area contributed by atoms with Crippen LogP contribution < -0.4 is 0 Å². The summed E-state index contributed by atoms with van der Waals surface area (Å²) >= 11 is 0. The molecule has 0 bridgehead atoms. The summed E-state index contributed by atoms with van der Waals surface area (Å²) in [6, 6.07) is 0. The molecule has 0 unspecified atom stereocenters. The van der Waals surface area contributed by atoms with Crippen molar-refractivity contribution in [3.05, 3.63) is 0 Å². The van der Waals surface area contributed by atoms with Crippen LogP contribution in [0.4, 0.5) is 0 Å². The molecule has 0 spiro atoms. The Hall–Kier alpha value is -0.160. The minimum atomic E-state index is -1.08. The highest BCUT2D eigenvalue weighted by Crippen LogP contribution is 2.52. The Morgan fingerprint density at radius 3 is 2.17 bits per heavy atom. The van der Waals surface area contributed by atoms with Crippen LogP contribution >= 0.6 is 0 Å². The molecule has 2 fully saturated rings. The summed E-state index contributed by atoms with van der Waals surface area (Å²) in [6.07, 6.45) is -2.02. The molecular weight excluding hydrogens is 160 g/mol. The number of fused-ring (bicyclic) bond motifs is 1. The van der Waals surface area contributed by atoms with Gasteiger partial charge in [0, 0.05) is 12.5 Å². The molecule has 0 aliphatic heterocycles. The van der Waals surface area contributed by atoms with E-state index < -0.39 is 18.3 Å². The normalized spacial score (nSPS) is 58.0. The standard InChI is InChI=1S/C8H14O4/c9-2-5-3-1-4(3)6(10)8(12)7(5)11/h3-12H,1-2H2/t3-,4-,5+,6+,7-,8-/m1/s1. The lowest BCUT2D eigenvalue weighted by Gasteiger charge is -2.33. The van der Waals surface area contributed by atoms with Crippen molar-refractivity contribution in [2.45, 2.75) is 24.7 Å². The minimum absolute atomic E-state index is 0.0977. The van der Waals surface area contributed by atoms with E-state index in [4.69, 9.17) is 5.11 Å². The Morgan fingerprint density at radius 1 is 0.917 bits per heavy atom. The molecule has 0 aromatic heterocycles. The van der Waals surface area contributed by atoms with Gasteiger partial charge in [-0.1, -0.05) is 0 Å². The summed E-state index contributed by atoms with van der Waals surface area (Å²) in [4.78, 5) is 0. The molecule has 70 valence electrons. The molecule has 0 heterocycles. The highest BCUT2D eigenvalue weighted by atomic mass is 16.4. The number of hydrogen-bond donors (Lipinski definition) is 4.